The Morgan fingerprint density at radius 1 is 1.67 bits per heavy atom. The fourth-order valence-corrected chi connectivity index (χ4v) is 2.94. The first kappa shape index (κ1) is 11.1. The minimum Gasteiger partial charge on any atom is -0.250 e. The molecule has 0 aromatic carbocycles. The Morgan fingerprint density at radius 2 is 2.33 bits per heavy atom. The molecule has 0 spiro atoms. The summed E-state index contributed by atoms with van der Waals surface area (Å²) < 4.78 is 25.5. The second-order valence-electron chi connectivity index (χ2n) is 3.62. The number of rotatable bonds is 3. The Kier molecular flexibility index (Phi) is 2.90. The second-order valence-corrected chi connectivity index (χ2v) is 5.08. The number of hydrogen-bond acceptors (Lipinski definition) is 2. The predicted molar refractivity (Wildman–Crippen MR) is 57.7 cm³/mol. The number of thioether (sulfide) groups is 1. The molecule has 15 heavy (non-hydrogen) atoms. The van der Waals surface area contributed by atoms with Crippen molar-refractivity contribution < 1.29 is 8.78 Å². The summed E-state index contributed by atoms with van der Waals surface area (Å²) in [6, 6.07) is 1.84. The minimum atomic E-state index is -2.51. The van der Waals surface area contributed by atoms with Gasteiger partial charge in [-0.3, -0.25) is 0 Å². The van der Waals surface area contributed by atoms with Crippen molar-refractivity contribution in [1.29, 1.82) is 0 Å². The fourth-order valence-electron chi connectivity index (χ4n) is 1.28. The molecular weight excluding hydrogens is 240 g/mol. The van der Waals surface area contributed by atoms with Gasteiger partial charge in [0.1, 0.15) is 5.03 Å². The number of alkyl halides is 3. The van der Waals surface area contributed by atoms with Gasteiger partial charge in [0, 0.05) is 18.2 Å². The van der Waals surface area contributed by atoms with Gasteiger partial charge in [0.2, 0.25) is 0 Å². The molecule has 1 aliphatic carbocycles. The van der Waals surface area contributed by atoms with Crippen LogP contribution in [0.4, 0.5) is 8.78 Å². The summed E-state index contributed by atoms with van der Waals surface area (Å²) in [5, 5.41) is 0.0286. The highest BCUT2D eigenvalue weighted by Crippen LogP contribution is 2.52. The molecule has 1 unspecified atom stereocenters. The monoisotopic (exact) mass is 249 g/mol. The molecule has 0 saturated heterocycles. The van der Waals surface area contributed by atoms with E-state index in [1.807, 2.05) is 13.0 Å². The maximum atomic E-state index is 12.7. The van der Waals surface area contributed by atoms with E-state index in [2.05, 4.69) is 4.98 Å². The Bertz CT molecular complexity index is 384. The van der Waals surface area contributed by atoms with Gasteiger partial charge in [-0.15, -0.1) is 11.6 Å². The molecule has 0 amide bonds. The van der Waals surface area contributed by atoms with E-state index < -0.39 is 11.2 Å². The lowest BCUT2D eigenvalue weighted by molar-refractivity contribution is 0.122. The van der Waals surface area contributed by atoms with Crippen LogP contribution in [-0.2, 0) is 5.88 Å². The summed E-state index contributed by atoms with van der Waals surface area (Å²) in [5.41, 5.74) is 1.87. The number of aromatic nitrogens is 1. The lowest BCUT2D eigenvalue weighted by Crippen LogP contribution is -1.98. The maximum Gasteiger partial charge on any atom is 0.261 e. The quantitative estimate of drug-likeness (QED) is 0.759. The van der Waals surface area contributed by atoms with Crippen LogP contribution in [0.5, 0.6) is 0 Å². The van der Waals surface area contributed by atoms with Crippen LogP contribution in [-0.4, -0.2) is 16.2 Å². The summed E-state index contributed by atoms with van der Waals surface area (Å²) in [4.78, 5) is 4.10. The standard InChI is InChI=1S/C10H10ClF2NS/c1-6-2-3-14-9(7(6)5-11)15-8-4-10(8,12)13/h2-3,8H,4-5H2,1H3. The van der Waals surface area contributed by atoms with Crippen molar-refractivity contribution in [2.45, 2.75) is 35.4 Å². The Balaban J connectivity index is 2.18. The van der Waals surface area contributed by atoms with Crippen LogP contribution in [0, 0.1) is 6.92 Å². The number of nitrogens with zero attached hydrogens (tertiary/aromatic N) is 1. The molecule has 5 heteroatoms. The highest BCUT2D eigenvalue weighted by molar-refractivity contribution is 8.00. The van der Waals surface area contributed by atoms with Crippen molar-refractivity contribution >= 4 is 23.4 Å². The van der Waals surface area contributed by atoms with E-state index >= 15 is 0 Å². The molecule has 1 nitrogen and oxygen atoms in total. The molecular formula is C10H10ClF2NS. The first-order valence-corrected chi connectivity index (χ1v) is 6.01. The van der Waals surface area contributed by atoms with Crippen molar-refractivity contribution in [2.24, 2.45) is 0 Å². The van der Waals surface area contributed by atoms with Crippen LogP contribution >= 0.6 is 23.4 Å². The van der Waals surface area contributed by atoms with Crippen molar-refractivity contribution in [1.82, 2.24) is 4.98 Å². The number of aryl methyl sites for hydroxylation is 1. The average molecular weight is 250 g/mol. The molecule has 0 N–H and O–H groups in total. The summed E-state index contributed by atoms with van der Waals surface area (Å²) in [5.74, 6) is -2.19. The Labute approximate surface area is 96.2 Å². The lowest BCUT2D eigenvalue weighted by Gasteiger charge is -2.07. The Hall–Kier alpha value is -0.350. The maximum absolute atomic E-state index is 12.7. The van der Waals surface area contributed by atoms with E-state index in [1.165, 1.54) is 0 Å². The fraction of sp³-hybridized carbons (Fsp3) is 0.500. The Morgan fingerprint density at radius 3 is 2.87 bits per heavy atom. The normalized spacial score (nSPS) is 22.8. The molecule has 1 aliphatic rings. The molecule has 82 valence electrons. The summed E-state index contributed by atoms with van der Waals surface area (Å²) >= 11 is 6.91. The number of halogens is 3. The molecule has 0 bridgehead atoms. The lowest BCUT2D eigenvalue weighted by atomic mass is 10.2. The van der Waals surface area contributed by atoms with E-state index in [0.29, 0.717) is 10.9 Å². The third-order valence-corrected chi connectivity index (χ3v) is 4.04. The van der Waals surface area contributed by atoms with Gasteiger partial charge in [0.05, 0.1) is 11.1 Å². The average Bonchev–Trinajstić information content (AvgIpc) is 2.74. The third-order valence-electron chi connectivity index (χ3n) is 2.41. The summed E-state index contributed by atoms with van der Waals surface area (Å²) in [6.45, 7) is 1.91. The van der Waals surface area contributed by atoms with E-state index in [1.54, 1.807) is 6.20 Å². The van der Waals surface area contributed by atoms with Crippen LogP contribution in [0.2, 0.25) is 0 Å². The van der Waals surface area contributed by atoms with Crippen LogP contribution in [0.15, 0.2) is 17.3 Å². The van der Waals surface area contributed by atoms with Gasteiger partial charge in [0.15, 0.2) is 0 Å². The third kappa shape index (κ3) is 2.26. The van der Waals surface area contributed by atoms with E-state index in [-0.39, 0.29) is 6.42 Å². The van der Waals surface area contributed by atoms with E-state index in [9.17, 15) is 8.78 Å². The van der Waals surface area contributed by atoms with E-state index in [0.717, 1.165) is 22.9 Å². The SMILES string of the molecule is Cc1ccnc(SC2CC2(F)F)c1CCl. The van der Waals surface area contributed by atoms with Gasteiger partial charge in [-0.1, -0.05) is 11.8 Å². The van der Waals surface area contributed by atoms with Crippen LogP contribution in [0.3, 0.4) is 0 Å². The van der Waals surface area contributed by atoms with Crippen LogP contribution < -0.4 is 0 Å². The zero-order valence-electron chi connectivity index (χ0n) is 8.14. The smallest absolute Gasteiger partial charge is 0.250 e. The zero-order chi connectivity index (χ0) is 11.1. The molecule has 1 saturated carbocycles. The zero-order valence-corrected chi connectivity index (χ0v) is 9.71. The summed E-state index contributed by atoms with van der Waals surface area (Å²) in [6.07, 6.45) is 1.59. The van der Waals surface area contributed by atoms with Crippen molar-refractivity contribution in [3.63, 3.8) is 0 Å². The predicted octanol–water partition coefficient (Wildman–Crippen LogP) is 3.63. The largest absolute Gasteiger partial charge is 0.261 e. The summed E-state index contributed by atoms with van der Waals surface area (Å²) in [7, 11) is 0. The van der Waals surface area contributed by atoms with Crippen LogP contribution in [0.25, 0.3) is 0 Å². The molecule has 0 aliphatic heterocycles. The second kappa shape index (κ2) is 3.91. The number of hydrogen-bond donors (Lipinski definition) is 0. The molecule has 2 rings (SSSR count). The molecule has 1 atom stereocenters. The van der Waals surface area contributed by atoms with Gasteiger partial charge in [-0.05, 0) is 18.6 Å². The first-order chi connectivity index (χ1) is 7.04. The van der Waals surface area contributed by atoms with Gasteiger partial charge in [-0.2, -0.15) is 0 Å². The molecule has 1 heterocycles. The van der Waals surface area contributed by atoms with Crippen molar-refractivity contribution in [3.05, 3.63) is 23.4 Å². The van der Waals surface area contributed by atoms with Crippen molar-refractivity contribution in [2.75, 3.05) is 0 Å². The van der Waals surface area contributed by atoms with E-state index in [4.69, 9.17) is 11.6 Å². The van der Waals surface area contributed by atoms with Gasteiger partial charge >= 0.3 is 0 Å². The van der Waals surface area contributed by atoms with Gasteiger partial charge < -0.3 is 0 Å². The van der Waals surface area contributed by atoms with Gasteiger partial charge in [-0.25, -0.2) is 13.8 Å². The van der Waals surface area contributed by atoms with Gasteiger partial charge in [0.25, 0.3) is 5.92 Å². The van der Waals surface area contributed by atoms with Crippen molar-refractivity contribution in [3.8, 4) is 0 Å². The number of pyridine rings is 1. The molecule has 1 fully saturated rings. The topological polar surface area (TPSA) is 12.9 Å². The molecule has 1 aromatic heterocycles. The molecule has 1 aromatic rings. The molecule has 0 radical (unpaired) electrons. The minimum absolute atomic E-state index is 0.0466. The highest BCUT2D eigenvalue weighted by atomic mass is 35.5. The highest BCUT2D eigenvalue weighted by Gasteiger charge is 2.57. The van der Waals surface area contributed by atoms with Crippen LogP contribution in [0.1, 0.15) is 17.5 Å². The first-order valence-electron chi connectivity index (χ1n) is 4.59.